The quantitative estimate of drug-likeness (QED) is 0.437. The van der Waals surface area contributed by atoms with Crippen LogP contribution < -0.4 is 20.1 Å². The van der Waals surface area contributed by atoms with E-state index in [1.165, 1.54) is 24.5 Å². The Balaban J connectivity index is 1.74. The summed E-state index contributed by atoms with van der Waals surface area (Å²) in [5.74, 6) is 0.545. The highest BCUT2D eigenvalue weighted by atomic mass is 35.5. The number of methoxy groups -OCH3 is 1. The van der Waals surface area contributed by atoms with Crippen LogP contribution in [0.4, 0.5) is 11.4 Å². The van der Waals surface area contributed by atoms with Crippen molar-refractivity contribution in [3.63, 3.8) is 0 Å². The third kappa shape index (κ3) is 5.99. The van der Waals surface area contributed by atoms with Crippen LogP contribution in [0, 0.1) is 5.92 Å². The molecule has 0 aliphatic heterocycles. The van der Waals surface area contributed by atoms with E-state index in [0.717, 1.165) is 0 Å². The number of benzene rings is 2. The Morgan fingerprint density at radius 3 is 2.35 bits per heavy atom. The molecule has 0 saturated carbocycles. The van der Waals surface area contributed by atoms with E-state index >= 15 is 0 Å². The minimum atomic E-state index is -0.364. The second-order valence-corrected chi connectivity index (χ2v) is 8.52. The first-order chi connectivity index (χ1) is 14.9. The summed E-state index contributed by atoms with van der Waals surface area (Å²) < 4.78 is 11.1. The number of thiophene rings is 1. The smallest absolute Gasteiger partial charge is 0.265 e. The van der Waals surface area contributed by atoms with Gasteiger partial charge in [-0.2, -0.15) is 0 Å². The van der Waals surface area contributed by atoms with E-state index in [-0.39, 0.29) is 11.8 Å². The van der Waals surface area contributed by atoms with Gasteiger partial charge < -0.3 is 20.1 Å². The monoisotopic (exact) mass is 458 g/mol. The first-order valence-electron chi connectivity index (χ1n) is 9.64. The predicted molar refractivity (Wildman–Crippen MR) is 125 cm³/mol. The summed E-state index contributed by atoms with van der Waals surface area (Å²) in [7, 11) is 1.50. The van der Waals surface area contributed by atoms with Crippen molar-refractivity contribution in [1.29, 1.82) is 0 Å². The van der Waals surface area contributed by atoms with Gasteiger partial charge in [0.2, 0.25) is 0 Å². The number of nitrogens with one attached hydrogen (secondary N) is 2. The number of halogens is 1. The van der Waals surface area contributed by atoms with Gasteiger partial charge in [-0.3, -0.25) is 9.59 Å². The number of anilines is 2. The van der Waals surface area contributed by atoms with Gasteiger partial charge in [-0.25, -0.2) is 0 Å². The lowest BCUT2D eigenvalue weighted by atomic mass is 10.1. The van der Waals surface area contributed by atoms with Crippen LogP contribution in [0.1, 0.15) is 33.9 Å². The van der Waals surface area contributed by atoms with Gasteiger partial charge in [-0.15, -0.1) is 11.3 Å². The van der Waals surface area contributed by atoms with Gasteiger partial charge in [0.15, 0.2) is 11.5 Å². The zero-order chi connectivity index (χ0) is 22.4. The third-order valence-electron chi connectivity index (χ3n) is 4.18. The van der Waals surface area contributed by atoms with Crippen LogP contribution in [0.5, 0.6) is 11.5 Å². The maximum absolute atomic E-state index is 12.8. The maximum Gasteiger partial charge on any atom is 0.265 e. The van der Waals surface area contributed by atoms with Crippen LogP contribution in [0.3, 0.4) is 0 Å². The number of amides is 2. The molecule has 0 radical (unpaired) electrons. The van der Waals surface area contributed by atoms with Gasteiger partial charge in [0, 0.05) is 16.9 Å². The largest absolute Gasteiger partial charge is 0.493 e. The molecule has 8 heteroatoms. The number of carbonyl (C=O) groups is 2. The summed E-state index contributed by atoms with van der Waals surface area (Å²) in [5, 5.41) is 7.76. The van der Waals surface area contributed by atoms with E-state index in [1.54, 1.807) is 36.4 Å². The molecule has 0 aliphatic rings. The van der Waals surface area contributed by atoms with Crippen LogP contribution in [0.15, 0.2) is 53.9 Å². The van der Waals surface area contributed by atoms with Crippen molar-refractivity contribution in [3.05, 3.63) is 69.4 Å². The molecule has 0 unspecified atom stereocenters. The topological polar surface area (TPSA) is 76.7 Å². The minimum Gasteiger partial charge on any atom is -0.493 e. The van der Waals surface area contributed by atoms with Crippen molar-refractivity contribution in [2.24, 2.45) is 5.92 Å². The van der Waals surface area contributed by atoms with E-state index in [1.807, 2.05) is 25.3 Å². The standard InChI is InChI=1S/C23H23ClN2O4S/c1-14(2)13-30-21-18(24)10-15(11-19(21)29-3)22(27)25-16-6-4-7-17(12-16)26-23(28)20-8-5-9-31-20/h4-12,14H,13H2,1-3H3,(H,25,27)(H,26,28). The number of hydrogen-bond donors (Lipinski definition) is 2. The van der Waals surface area contributed by atoms with E-state index in [4.69, 9.17) is 21.1 Å². The van der Waals surface area contributed by atoms with Gasteiger partial charge in [0.25, 0.3) is 11.8 Å². The second-order valence-electron chi connectivity index (χ2n) is 7.16. The Morgan fingerprint density at radius 1 is 1.03 bits per heavy atom. The number of hydrogen-bond acceptors (Lipinski definition) is 5. The van der Waals surface area contributed by atoms with E-state index in [9.17, 15) is 9.59 Å². The molecule has 2 amide bonds. The Kier molecular flexibility index (Phi) is 7.55. The zero-order valence-corrected chi connectivity index (χ0v) is 19.0. The first kappa shape index (κ1) is 22.7. The second kappa shape index (κ2) is 10.3. The predicted octanol–water partition coefficient (Wildman–Crippen LogP) is 5.95. The zero-order valence-electron chi connectivity index (χ0n) is 17.4. The molecular formula is C23H23ClN2O4S. The summed E-state index contributed by atoms with van der Waals surface area (Å²) >= 11 is 7.70. The first-order valence-corrected chi connectivity index (χ1v) is 10.9. The average molecular weight is 459 g/mol. The summed E-state index contributed by atoms with van der Waals surface area (Å²) in [6.07, 6.45) is 0. The molecular weight excluding hydrogens is 436 g/mol. The summed E-state index contributed by atoms with van der Waals surface area (Å²) in [6.45, 7) is 4.53. The molecule has 2 aromatic carbocycles. The van der Waals surface area contributed by atoms with Crippen LogP contribution in [-0.2, 0) is 0 Å². The van der Waals surface area contributed by atoms with Crippen LogP contribution >= 0.6 is 22.9 Å². The van der Waals surface area contributed by atoms with E-state index < -0.39 is 0 Å². The minimum absolute atomic E-state index is 0.202. The van der Waals surface area contributed by atoms with Gasteiger partial charge in [0.1, 0.15) is 0 Å². The van der Waals surface area contributed by atoms with E-state index in [2.05, 4.69) is 10.6 Å². The van der Waals surface area contributed by atoms with Crippen molar-refractivity contribution in [1.82, 2.24) is 0 Å². The Hall–Kier alpha value is -3.03. The van der Waals surface area contributed by atoms with Crippen molar-refractivity contribution in [2.45, 2.75) is 13.8 Å². The van der Waals surface area contributed by atoms with Gasteiger partial charge >= 0.3 is 0 Å². The Labute approximate surface area is 190 Å². The fourth-order valence-corrected chi connectivity index (χ4v) is 3.60. The van der Waals surface area contributed by atoms with Crippen LogP contribution in [0.2, 0.25) is 5.02 Å². The highest BCUT2D eigenvalue weighted by Gasteiger charge is 2.17. The molecule has 2 N–H and O–H groups in total. The highest BCUT2D eigenvalue weighted by Crippen LogP contribution is 2.37. The molecule has 31 heavy (non-hydrogen) atoms. The number of rotatable bonds is 8. The molecule has 0 fully saturated rings. The third-order valence-corrected chi connectivity index (χ3v) is 5.33. The molecule has 0 aliphatic carbocycles. The van der Waals surface area contributed by atoms with Gasteiger partial charge in [0.05, 0.1) is 23.6 Å². The molecule has 1 heterocycles. The lowest BCUT2D eigenvalue weighted by Crippen LogP contribution is -2.14. The van der Waals surface area contributed by atoms with Crippen molar-refractivity contribution >= 4 is 46.1 Å². The highest BCUT2D eigenvalue weighted by molar-refractivity contribution is 7.12. The number of ether oxygens (including phenoxy) is 2. The summed E-state index contributed by atoms with van der Waals surface area (Å²) in [4.78, 5) is 25.6. The lowest BCUT2D eigenvalue weighted by molar-refractivity contribution is 0.102. The molecule has 3 aromatic rings. The SMILES string of the molecule is COc1cc(C(=O)Nc2cccc(NC(=O)c3cccs3)c2)cc(Cl)c1OCC(C)C. The van der Waals surface area contributed by atoms with Crippen molar-refractivity contribution < 1.29 is 19.1 Å². The summed E-state index contributed by atoms with van der Waals surface area (Å²) in [5.41, 5.74) is 1.43. The molecule has 3 rings (SSSR count). The van der Waals surface area contributed by atoms with Gasteiger partial charge in [-0.05, 0) is 47.7 Å². The fraction of sp³-hybridized carbons (Fsp3) is 0.217. The molecule has 0 saturated heterocycles. The lowest BCUT2D eigenvalue weighted by Gasteiger charge is -2.15. The fourth-order valence-electron chi connectivity index (χ4n) is 2.72. The molecule has 0 spiro atoms. The molecule has 0 atom stereocenters. The number of carbonyl (C=O) groups excluding carboxylic acids is 2. The van der Waals surface area contributed by atoms with Gasteiger partial charge in [-0.1, -0.05) is 37.6 Å². The Morgan fingerprint density at radius 2 is 1.74 bits per heavy atom. The molecule has 1 aromatic heterocycles. The van der Waals surface area contributed by atoms with E-state index in [0.29, 0.717) is 50.9 Å². The Bertz CT molecular complexity index is 1070. The van der Waals surface area contributed by atoms with Crippen LogP contribution in [-0.4, -0.2) is 25.5 Å². The van der Waals surface area contributed by atoms with Crippen LogP contribution in [0.25, 0.3) is 0 Å². The normalized spacial score (nSPS) is 10.6. The van der Waals surface area contributed by atoms with Crippen molar-refractivity contribution in [2.75, 3.05) is 24.4 Å². The summed E-state index contributed by atoms with van der Waals surface area (Å²) in [6, 6.07) is 13.6. The molecule has 6 nitrogen and oxygen atoms in total. The molecule has 0 bridgehead atoms. The molecule has 162 valence electrons. The van der Waals surface area contributed by atoms with Crippen molar-refractivity contribution in [3.8, 4) is 11.5 Å². The average Bonchev–Trinajstić information content (AvgIpc) is 3.27. The maximum atomic E-state index is 12.8.